The number of carboxylic acid groups (broad SMARTS) is 1. The third kappa shape index (κ3) is 2.85. The number of carboxylic acids is 1. The van der Waals surface area contributed by atoms with Crippen LogP contribution in [0.15, 0.2) is 0 Å². The van der Waals surface area contributed by atoms with E-state index in [0.29, 0.717) is 0 Å². The maximum atomic E-state index is 10.6. The van der Waals surface area contributed by atoms with Crippen LogP contribution in [-0.2, 0) is 14.3 Å². The van der Waals surface area contributed by atoms with Crippen molar-refractivity contribution < 1.29 is 29.6 Å². The van der Waals surface area contributed by atoms with Gasteiger partial charge in [0.15, 0.2) is 12.2 Å². The largest absolute Gasteiger partial charge is 0.479 e. The van der Waals surface area contributed by atoms with Gasteiger partial charge in [-0.15, -0.1) is 0 Å². The lowest BCUT2D eigenvalue weighted by Gasteiger charge is -2.11. The zero-order valence-electron chi connectivity index (χ0n) is 6.43. The second-order valence-corrected chi connectivity index (χ2v) is 1.98. The summed E-state index contributed by atoms with van der Waals surface area (Å²) in [6.45, 7) is 1.51. The number of hydrogen-bond acceptors (Lipinski definition) is 5. The van der Waals surface area contributed by atoms with Gasteiger partial charge >= 0.3 is 11.9 Å². The molecule has 0 aliphatic heterocycles. The lowest BCUT2D eigenvalue weighted by molar-refractivity contribution is -0.169. The maximum absolute atomic E-state index is 10.6. The number of rotatable bonds is 4. The van der Waals surface area contributed by atoms with Gasteiger partial charge in [0.1, 0.15) is 0 Å². The van der Waals surface area contributed by atoms with Gasteiger partial charge in [0, 0.05) is 0 Å². The first-order chi connectivity index (χ1) is 5.50. The molecule has 0 bridgehead atoms. The summed E-state index contributed by atoms with van der Waals surface area (Å²) in [5.74, 6) is -2.82. The fraction of sp³-hybridized carbons (Fsp3) is 0.667. The smallest absolute Gasteiger partial charge is 0.338 e. The van der Waals surface area contributed by atoms with Crippen molar-refractivity contribution in [3.05, 3.63) is 0 Å². The molecule has 3 N–H and O–H groups in total. The van der Waals surface area contributed by atoms with Crippen LogP contribution in [0.3, 0.4) is 0 Å². The van der Waals surface area contributed by atoms with E-state index in [-0.39, 0.29) is 6.61 Å². The van der Waals surface area contributed by atoms with Crippen LogP contribution in [-0.4, -0.2) is 46.1 Å². The first kappa shape index (κ1) is 10.9. The number of carbonyl (C=O) groups excluding carboxylic acids is 1. The van der Waals surface area contributed by atoms with Crippen molar-refractivity contribution in [2.24, 2.45) is 0 Å². The van der Waals surface area contributed by atoms with E-state index < -0.39 is 24.1 Å². The summed E-state index contributed by atoms with van der Waals surface area (Å²) in [4.78, 5) is 20.6. The monoisotopic (exact) mass is 178 g/mol. The van der Waals surface area contributed by atoms with Crippen LogP contribution in [0.25, 0.3) is 0 Å². The quantitative estimate of drug-likeness (QED) is 0.446. The van der Waals surface area contributed by atoms with Crippen molar-refractivity contribution in [3.8, 4) is 0 Å². The zero-order valence-corrected chi connectivity index (χ0v) is 6.43. The molecule has 0 fully saturated rings. The van der Waals surface area contributed by atoms with Crippen molar-refractivity contribution in [1.82, 2.24) is 0 Å². The molecule has 6 nitrogen and oxygen atoms in total. The predicted molar refractivity (Wildman–Crippen MR) is 36.3 cm³/mol. The van der Waals surface area contributed by atoms with Crippen molar-refractivity contribution in [1.29, 1.82) is 0 Å². The van der Waals surface area contributed by atoms with Crippen LogP contribution in [0.2, 0.25) is 0 Å². The number of carbonyl (C=O) groups is 2. The van der Waals surface area contributed by atoms with Crippen LogP contribution >= 0.6 is 0 Å². The summed E-state index contributed by atoms with van der Waals surface area (Å²) in [6, 6.07) is 0. The molecule has 6 heteroatoms. The molecule has 2 atom stereocenters. The third-order valence-electron chi connectivity index (χ3n) is 1.08. The Morgan fingerprint density at radius 2 is 1.83 bits per heavy atom. The molecule has 0 spiro atoms. The Labute approximate surface area is 68.4 Å². The number of aliphatic carboxylic acids is 1. The highest BCUT2D eigenvalue weighted by atomic mass is 16.5. The average Bonchev–Trinajstić information content (AvgIpc) is 2.02. The van der Waals surface area contributed by atoms with Crippen LogP contribution in [0.1, 0.15) is 6.92 Å². The Hall–Kier alpha value is -1.14. The highest BCUT2D eigenvalue weighted by molar-refractivity contribution is 5.84. The SMILES string of the molecule is CCOC(=O)C(O)[C@@H](O)C(=O)O. The minimum Gasteiger partial charge on any atom is -0.479 e. The second kappa shape index (κ2) is 4.68. The van der Waals surface area contributed by atoms with Gasteiger partial charge in [0.05, 0.1) is 6.61 Å². The van der Waals surface area contributed by atoms with E-state index >= 15 is 0 Å². The molecule has 0 aromatic carbocycles. The second-order valence-electron chi connectivity index (χ2n) is 1.98. The molecule has 0 rings (SSSR count). The summed E-state index contributed by atoms with van der Waals surface area (Å²) >= 11 is 0. The highest BCUT2D eigenvalue weighted by Gasteiger charge is 2.30. The molecule has 0 radical (unpaired) electrons. The summed E-state index contributed by atoms with van der Waals surface area (Å²) in [7, 11) is 0. The Kier molecular flexibility index (Phi) is 4.24. The summed E-state index contributed by atoms with van der Waals surface area (Å²) in [6.07, 6.45) is -4.16. The number of aliphatic hydroxyl groups is 2. The van der Waals surface area contributed by atoms with Gasteiger partial charge < -0.3 is 20.1 Å². The van der Waals surface area contributed by atoms with Crippen molar-refractivity contribution in [2.75, 3.05) is 6.61 Å². The first-order valence-corrected chi connectivity index (χ1v) is 3.26. The molecule has 0 amide bonds. The van der Waals surface area contributed by atoms with Gasteiger partial charge in [-0.2, -0.15) is 0 Å². The lowest BCUT2D eigenvalue weighted by atomic mass is 10.2. The molecule has 0 saturated carbocycles. The van der Waals surface area contributed by atoms with Crippen LogP contribution in [0.5, 0.6) is 0 Å². The molecule has 0 saturated heterocycles. The van der Waals surface area contributed by atoms with Gasteiger partial charge in [-0.3, -0.25) is 0 Å². The summed E-state index contributed by atoms with van der Waals surface area (Å²) in [5.41, 5.74) is 0. The molecule has 0 aromatic rings. The molecule has 0 aromatic heterocycles. The Morgan fingerprint density at radius 1 is 1.33 bits per heavy atom. The molecular weight excluding hydrogens is 168 g/mol. The van der Waals surface area contributed by atoms with E-state index in [1.54, 1.807) is 0 Å². The van der Waals surface area contributed by atoms with Crippen LogP contribution in [0.4, 0.5) is 0 Å². The highest BCUT2D eigenvalue weighted by Crippen LogP contribution is 1.96. The van der Waals surface area contributed by atoms with Crippen molar-refractivity contribution >= 4 is 11.9 Å². The number of hydrogen-bond donors (Lipinski definition) is 3. The van der Waals surface area contributed by atoms with E-state index in [0.717, 1.165) is 0 Å². The molecule has 0 heterocycles. The van der Waals surface area contributed by atoms with Crippen LogP contribution < -0.4 is 0 Å². The third-order valence-corrected chi connectivity index (χ3v) is 1.08. The standard InChI is InChI=1S/C6H10O6/c1-2-12-6(11)4(8)3(7)5(9)10/h3-4,7-8H,2H2,1H3,(H,9,10)/t3-,4?/m1/s1. The van der Waals surface area contributed by atoms with E-state index in [2.05, 4.69) is 4.74 Å². The molecule has 0 aliphatic carbocycles. The molecule has 70 valence electrons. The molecule has 12 heavy (non-hydrogen) atoms. The van der Waals surface area contributed by atoms with E-state index in [4.69, 9.17) is 15.3 Å². The van der Waals surface area contributed by atoms with Gasteiger partial charge in [-0.25, -0.2) is 9.59 Å². The number of ether oxygens (including phenoxy) is 1. The zero-order chi connectivity index (χ0) is 9.72. The van der Waals surface area contributed by atoms with Crippen molar-refractivity contribution in [3.63, 3.8) is 0 Å². The number of aliphatic hydroxyl groups excluding tert-OH is 2. The first-order valence-electron chi connectivity index (χ1n) is 3.26. The van der Waals surface area contributed by atoms with Crippen molar-refractivity contribution in [2.45, 2.75) is 19.1 Å². The van der Waals surface area contributed by atoms with Gasteiger partial charge in [-0.1, -0.05) is 0 Å². The molecule has 1 unspecified atom stereocenters. The number of esters is 1. The minimum atomic E-state index is -2.14. The fourth-order valence-electron chi connectivity index (χ4n) is 0.492. The Bertz CT molecular complexity index is 177. The lowest BCUT2D eigenvalue weighted by Crippen LogP contribution is -2.40. The van der Waals surface area contributed by atoms with Gasteiger partial charge in [0.2, 0.25) is 0 Å². The summed E-state index contributed by atoms with van der Waals surface area (Å²) < 4.78 is 4.26. The maximum Gasteiger partial charge on any atom is 0.338 e. The topological polar surface area (TPSA) is 104 Å². The Balaban J connectivity index is 4.09. The molecule has 0 aliphatic rings. The fourth-order valence-corrected chi connectivity index (χ4v) is 0.492. The normalized spacial score (nSPS) is 14.9. The summed E-state index contributed by atoms with van der Waals surface area (Å²) in [5, 5.41) is 25.6. The van der Waals surface area contributed by atoms with Gasteiger partial charge in [0.25, 0.3) is 0 Å². The van der Waals surface area contributed by atoms with E-state index in [1.807, 2.05) is 0 Å². The average molecular weight is 178 g/mol. The van der Waals surface area contributed by atoms with Gasteiger partial charge in [-0.05, 0) is 6.92 Å². The predicted octanol–water partition coefficient (Wildman–Crippen LogP) is -1.64. The molecular formula is C6H10O6. The minimum absolute atomic E-state index is 0.0161. The van der Waals surface area contributed by atoms with E-state index in [9.17, 15) is 9.59 Å². The van der Waals surface area contributed by atoms with Crippen LogP contribution in [0, 0.1) is 0 Å². The Morgan fingerprint density at radius 3 is 2.17 bits per heavy atom. The van der Waals surface area contributed by atoms with E-state index in [1.165, 1.54) is 6.92 Å².